The van der Waals surface area contributed by atoms with E-state index in [4.69, 9.17) is 0 Å². The molecular formula is C20H22BrN3O4S. The number of halogens is 1. The summed E-state index contributed by atoms with van der Waals surface area (Å²) in [5.41, 5.74) is 0.983. The van der Waals surface area contributed by atoms with Gasteiger partial charge in [0.2, 0.25) is 15.9 Å². The molecular weight excluding hydrogens is 458 g/mol. The van der Waals surface area contributed by atoms with Crippen LogP contribution in [0.5, 0.6) is 0 Å². The van der Waals surface area contributed by atoms with Crippen LogP contribution < -0.4 is 10.6 Å². The van der Waals surface area contributed by atoms with Crippen LogP contribution >= 0.6 is 15.9 Å². The first-order valence-electron chi connectivity index (χ1n) is 9.23. The van der Waals surface area contributed by atoms with Crippen molar-refractivity contribution in [1.29, 1.82) is 0 Å². The third kappa shape index (κ3) is 4.85. The zero-order valence-corrected chi connectivity index (χ0v) is 18.3. The average molecular weight is 480 g/mol. The van der Waals surface area contributed by atoms with E-state index < -0.39 is 16.1 Å². The van der Waals surface area contributed by atoms with E-state index in [1.807, 2.05) is 0 Å². The Balaban J connectivity index is 1.79. The van der Waals surface area contributed by atoms with Crippen LogP contribution in [-0.2, 0) is 14.8 Å². The number of nitrogens with zero attached hydrogens (tertiary/aromatic N) is 1. The van der Waals surface area contributed by atoms with Gasteiger partial charge in [0.1, 0.15) is 6.04 Å². The molecule has 2 N–H and O–H groups in total. The first kappa shape index (κ1) is 21.5. The van der Waals surface area contributed by atoms with E-state index in [-0.39, 0.29) is 16.7 Å². The summed E-state index contributed by atoms with van der Waals surface area (Å²) in [6.45, 7) is 0.298. The Kier molecular flexibility index (Phi) is 6.71. The molecule has 0 saturated carbocycles. The predicted octanol–water partition coefficient (Wildman–Crippen LogP) is 2.99. The molecule has 2 amide bonds. The van der Waals surface area contributed by atoms with Gasteiger partial charge in [0.05, 0.1) is 4.90 Å². The standard InChI is InChI=1S/C20H22BrN3O4S/c1-22-19(25)14-5-9-16(10-6-14)23-20(26)18-4-2-3-13-24(18)29(27,28)17-11-7-15(21)8-12-17/h5-12,18H,2-4,13H2,1H3,(H,22,25)(H,23,26). The molecule has 154 valence electrons. The Hall–Kier alpha value is -2.23. The van der Waals surface area contributed by atoms with Crippen LogP contribution in [0.2, 0.25) is 0 Å². The van der Waals surface area contributed by atoms with E-state index in [9.17, 15) is 18.0 Å². The van der Waals surface area contributed by atoms with Crippen molar-refractivity contribution in [2.45, 2.75) is 30.2 Å². The van der Waals surface area contributed by atoms with Gasteiger partial charge in [-0.25, -0.2) is 8.42 Å². The molecule has 1 unspecified atom stereocenters. The topological polar surface area (TPSA) is 95.6 Å². The Bertz CT molecular complexity index is 991. The Morgan fingerprint density at radius 1 is 1.03 bits per heavy atom. The van der Waals surface area contributed by atoms with E-state index in [0.29, 0.717) is 30.6 Å². The molecule has 1 aliphatic rings. The quantitative estimate of drug-likeness (QED) is 0.688. The molecule has 1 saturated heterocycles. The lowest BCUT2D eigenvalue weighted by Crippen LogP contribution is -2.49. The number of nitrogens with one attached hydrogen (secondary N) is 2. The molecule has 1 fully saturated rings. The minimum Gasteiger partial charge on any atom is -0.355 e. The van der Waals surface area contributed by atoms with E-state index in [1.54, 1.807) is 43.4 Å². The van der Waals surface area contributed by atoms with Crippen molar-refractivity contribution in [1.82, 2.24) is 9.62 Å². The average Bonchev–Trinajstić information content (AvgIpc) is 2.74. The number of anilines is 1. The largest absolute Gasteiger partial charge is 0.355 e. The van der Waals surface area contributed by atoms with E-state index in [1.165, 1.54) is 16.4 Å². The smallest absolute Gasteiger partial charge is 0.251 e. The second-order valence-electron chi connectivity index (χ2n) is 6.73. The third-order valence-electron chi connectivity index (χ3n) is 4.82. The maximum absolute atomic E-state index is 13.1. The molecule has 1 heterocycles. The van der Waals surface area contributed by atoms with E-state index >= 15 is 0 Å². The second kappa shape index (κ2) is 9.06. The van der Waals surface area contributed by atoms with Crippen LogP contribution in [-0.4, -0.2) is 44.2 Å². The fraction of sp³-hybridized carbons (Fsp3) is 0.300. The third-order valence-corrected chi connectivity index (χ3v) is 7.27. The van der Waals surface area contributed by atoms with Crippen molar-refractivity contribution in [3.05, 3.63) is 58.6 Å². The predicted molar refractivity (Wildman–Crippen MR) is 114 cm³/mol. The van der Waals surface area contributed by atoms with Gasteiger partial charge in [-0.2, -0.15) is 4.31 Å². The maximum Gasteiger partial charge on any atom is 0.251 e. The minimum absolute atomic E-state index is 0.162. The van der Waals surface area contributed by atoms with Crippen molar-refractivity contribution >= 4 is 43.5 Å². The lowest BCUT2D eigenvalue weighted by molar-refractivity contribution is -0.120. The van der Waals surface area contributed by atoms with Crippen molar-refractivity contribution in [3.63, 3.8) is 0 Å². The molecule has 0 spiro atoms. The molecule has 3 rings (SSSR count). The highest BCUT2D eigenvalue weighted by atomic mass is 79.9. The van der Waals surface area contributed by atoms with E-state index in [2.05, 4.69) is 26.6 Å². The van der Waals surface area contributed by atoms with Gasteiger partial charge in [-0.1, -0.05) is 22.4 Å². The Morgan fingerprint density at radius 2 is 1.69 bits per heavy atom. The molecule has 0 aliphatic carbocycles. The van der Waals surface area contributed by atoms with Crippen LogP contribution in [0, 0.1) is 0 Å². The monoisotopic (exact) mass is 479 g/mol. The van der Waals surface area contributed by atoms with Crippen molar-refractivity contribution < 1.29 is 18.0 Å². The van der Waals surface area contributed by atoms with Crippen LogP contribution in [0.15, 0.2) is 57.9 Å². The summed E-state index contributed by atoms with van der Waals surface area (Å²) in [5.74, 6) is -0.597. The summed E-state index contributed by atoms with van der Waals surface area (Å²) in [6.07, 6.45) is 1.94. The zero-order chi connectivity index (χ0) is 21.0. The highest BCUT2D eigenvalue weighted by molar-refractivity contribution is 9.10. The summed E-state index contributed by atoms with van der Waals surface area (Å²) in [6, 6.07) is 12.1. The molecule has 1 atom stereocenters. The second-order valence-corrected chi connectivity index (χ2v) is 9.53. The van der Waals surface area contributed by atoms with Gasteiger partial charge >= 0.3 is 0 Å². The van der Waals surface area contributed by atoms with Crippen LogP contribution in [0.3, 0.4) is 0 Å². The first-order valence-corrected chi connectivity index (χ1v) is 11.5. The van der Waals surface area contributed by atoms with Gasteiger partial charge in [-0.05, 0) is 61.4 Å². The number of amides is 2. The highest BCUT2D eigenvalue weighted by Gasteiger charge is 2.37. The molecule has 9 heteroatoms. The number of hydrogen-bond donors (Lipinski definition) is 2. The number of hydrogen-bond acceptors (Lipinski definition) is 4. The van der Waals surface area contributed by atoms with Gasteiger partial charge in [0.15, 0.2) is 0 Å². The number of carbonyl (C=O) groups excluding carboxylic acids is 2. The van der Waals surface area contributed by atoms with Gasteiger partial charge in [-0.15, -0.1) is 0 Å². The van der Waals surface area contributed by atoms with Gasteiger partial charge in [0.25, 0.3) is 5.91 Å². The van der Waals surface area contributed by atoms with Crippen LogP contribution in [0.4, 0.5) is 5.69 Å². The van der Waals surface area contributed by atoms with Gasteiger partial charge in [0, 0.05) is 29.3 Å². The fourth-order valence-corrected chi connectivity index (χ4v) is 5.19. The molecule has 7 nitrogen and oxygen atoms in total. The summed E-state index contributed by atoms with van der Waals surface area (Å²) < 4.78 is 28.3. The van der Waals surface area contributed by atoms with Crippen molar-refractivity contribution in [3.8, 4) is 0 Å². The number of piperidine rings is 1. The lowest BCUT2D eigenvalue weighted by Gasteiger charge is -2.33. The van der Waals surface area contributed by atoms with Gasteiger partial charge < -0.3 is 10.6 Å². The number of benzene rings is 2. The number of sulfonamides is 1. The number of carbonyl (C=O) groups is 2. The SMILES string of the molecule is CNC(=O)c1ccc(NC(=O)C2CCCCN2S(=O)(=O)c2ccc(Br)cc2)cc1. The molecule has 29 heavy (non-hydrogen) atoms. The zero-order valence-electron chi connectivity index (χ0n) is 15.9. The summed E-state index contributed by atoms with van der Waals surface area (Å²) in [7, 11) is -2.24. The number of rotatable bonds is 5. The molecule has 2 aromatic carbocycles. The molecule has 1 aliphatic heterocycles. The molecule has 2 aromatic rings. The molecule has 0 bridgehead atoms. The highest BCUT2D eigenvalue weighted by Crippen LogP contribution is 2.27. The maximum atomic E-state index is 13.1. The summed E-state index contributed by atoms with van der Waals surface area (Å²) in [5, 5.41) is 5.31. The lowest BCUT2D eigenvalue weighted by atomic mass is 10.0. The van der Waals surface area contributed by atoms with Gasteiger partial charge in [-0.3, -0.25) is 9.59 Å². The van der Waals surface area contributed by atoms with Crippen LogP contribution in [0.25, 0.3) is 0 Å². The van der Waals surface area contributed by atoms with Crippen molar-refractivity contribution in [2.75, 3.05) is 18.9 Å². The Morgan fingerprint density at radius 3 is 2.31 bits per heavy atom. The fourth-order valence-electron chi connectivity index (χ4n) is 3.27. The van der Waals surface area contributed by atoms with E-state index in [0.717, 1.165) is 10.9 Å². The van der Waals surface area contributed by atoms with Crippen LogP contribution in [0.1, 0.15) is 29.6 Å². The summed E-state index contributed by atoms with van der Waals surface area (Å²) >= 11 is 3.30. The Labute approximate surface area is 178 Å². The molecule has 0 aromatic heterocycles. The summed E-state index contributed by atoms with van der Waals surface area (Å²) in [4.78, 5) is 24.7. The molecule has 0 radical (unpaired) electrons. The first-order chi connectivity index (χ1) is 13.8. The minimum atomic E-state index is -3.79. The normalized spacial score (nSPS) is 17.5. The van der Waals surface area contributed by atoms with Crippen molar-refractivity contribution in [2.24, 2.45) is 0 Å².